The zero-order valence-corrected chi connectivity index (χ0v) is 22.6. The average Bonchev–Trinajstić information content (AvgIpc) is 3.57. The van der Waals surface area contributed by atoms with Crippen molar-refractivity contribution >= 4 is 11.8 Å². The Morgan fingerprint density at radius 1 is 1.00 bits per heavy atom. The lowest BCUT2D eigenvalue weighted by Crippen LogP contribution is -2.68. The minimum absolute atomic E-state index is 0.0542. The van der Waals surface area contributed by atoms with E-state index in [1.807, 2.05) is 13.0 Å². The fourth-order valence-corrected chi connectivity index (χ4v) is 10.7. The molecule has 0 aromatic heterocycles. The van der Waals surface area contributed by atoms with Crippen LogP contribution in [0.4, 0.5) is 0 Å². The predicted molar refractivity (Wildman–Crippen MR) is 132 cm³/mol. The molecule has 0 bridgehead atoms. The van der Waals surface area contributed by atoms with E-state index in [0.29, 0.717) is 12.8 Å². The molecule has 1 saturated heterocycles. The lowest BCUT2D eigenvalue weighted by molar-refractivity contribution is -0.194. The minimum Gasteiger partial charge on any atom is -0.481 e. The number of fused-ring (bicyclic) bond motifs is 9. The second kappa shape index (κ2) is 6.62. The molecule has 5 nitrogen and oxygen atoms in total. The van der Waals surface area contributed by atoms with Gasteiger partial charge in [-0.15, -0.1) is 0 Å². The molecule has 5 heteroatoms. The first kappa shape index (κ1) is 24.2. The number of carbonyl (C=O) groups excluding carboxylic acids is 1. The molecule has 2 N–H and O–H groups in total. The number of allylic oxidation sites excluding steroid dienone is 2. The van der Waals surface area contributed by atoms with E-state index in [4.69, 9.17) is 4.74 Å². The van der Waals surface area contributed by atoms with Gasteiger partial charge in [-0.25, -0.2) is 0 Å². The first-order chi connectivity index (χ1) is 16.1. The van der Waals surface area contributed by atoms with Crippen molar-refractivity contribution in [1.29, 1.82) is 0 Å². The normalized spacial score (nSPS) is 58.1. The smallest absolute Gasteiger partial charge is 0.309 e. The second-order valence-corrected chi connectivity index (χ2v) is 15.2. The average molecular weight is 485 g/mol. The third-order valence-electron chi connectivity index (χ3n) is 13.4. The SMILES string of the molecule is CC1(C)C2CC[C@]3(C)C(C(=O)C=C4C5C[C@@](C)(C(=O)O)CC[C@]5(C)CC[C@]43C)[C@@]2(C)[C@H]2O[C@H]2[C@H]1O. The topological polar surface area (TPSA) is 87.1 Å². The van der Waals surface area contributed by atoms with Gasteiger partial charge >= 0.3 is 5.97 Å². The summed E-state index contributed by atoms with van der Waals surface area (Å²) in [6.45, 7) is 15.6. The maximum absolute atomic E-state index is 14.3. The highest BCUT2D eigenvalue weighted by atomic mass is 16.6. The summed E-state index contributed by atoms with van der Waals surface area (Å²) in [7, 11) is 0. The van der Waals surface area contributed by atoms with Crippen molar-refractivity contribution in [3.63, 3.8) is 0 Å². The number of ketones is 1. The van der Waals surface area contributed by atoms with Gasteiger partial charge in [-0.05, 0) is 91.4 Å². The summed E-state index contributed by atoms with van der Waals surface area (Å²) in [6.07, 6.45) is 7.63. The molecular formula is C30H44O5. The number of carboxylic acid groups (broad SMARTS) is 1. The zero-order chi connectivity index (χ0) is 25.6. The molecule has 6 rings (SSSR count). The third kappa shape index (κ3) is 2.63. The van der Waals surface area contributed by atoms with Gasteiger partial charge in [-0.2, -0.15) is 0 Å². The Labute approximate surface area is 210 Å². The molecule has 5 aliphatic carbocycles. The summed E-state index contributed by atoms with van der Waals surface area (Å²) in [5.41, 5.74) is -0.355. The van der Waals surface area contributed by atoms with Crippen molar-refractivity contribution in [2.24, 2.45) is 50.2 Å². The molecule has 1 aliphatic heterocycles. The van der Waals surface area contributed by atoms with Crippen LogP contribution in [0, 0.1) is 50.2 Å². The molecule has 0 aromatic rings. The zero-order valence-electron chi connectivity index (χ0n) is 22.6. The van der Waals surface area contributed by atoms with Crippen LogP contribution in [0.2, 0.25) is 0 Å². The van der Waals surface area contributed by atoms with Crippen LogP contribution in [0.3, 0.4) is 0 Å². The monoisotopic (exact) mass is 484 g/mol. The Bertz CT molecular complexity index is 1050. The van der Waals surface area contributed by atoms with E-state index >= 15 is 0 Å². The molecule has 194 valence electrons. The molecule has 0 radical (unpaired) electrons. The number of aliphatic carboxylic acids is 1. The highest BCUT2D eigenvalue weighted by Gasteiger charge is 2.77. The molecule has 11 atom stereocenters. The Kier molecular flexibility index (Phi) is 4.57. The Balaban J connectivity index is 1.48. The summed E-state index contributed by atoms with van der Waals surface area (Å²) in [5, 5.41) is 21.1. The molecule has 0 aromatic carbocycles. The number of ether oxygens (including phenoxy) is 1. The minimum atomic E-state index is -0.730. The fourth-order valence-electron chi connectivity index (χ4n) is 10.7. The van der Waals surface area contributed by atoms with E-state index in [2.05, 4.69) is 41.5 Å². The number of hydrogen-bond acceptors (Lipinski definition) is 4. The largest absolute Gasteiger partial charge is 0.481 e. The molecule has 5 fully saturated rings. The molecule has 35 heavy (non-hydrogen) atoms. The number of hydrogen-bond donors (Lipinski definition) is 2. The first-order valence-electron chi connectivity index (χ1n) is 13.9. The van der Waals surface area contributed by atoms with Gasteiger partial charge in [0.05, 0.1) is 17.6 Å². The highest BCUT2D eigenvalue weighted by molar-refractivity contribution is 5.96. The molecule has 1 heterocycles. The van der Waals surface area contributed by atoms with Crippen molar-refractivity contribution in [2.75, 3.05) is 0 Å². The van der Waals surface area contributed by atoms with Crippen LogP contribution in [0.1, 0.15) is 93.4 Å². The lowest BCUT2D eigenvalue weighted by Gasteiger charge is -2.69. The predicted octanol–water partition coefficient (Wildman–Crippen LogP) is 5.40. The van der Waals surface area contributed by atoms with E-state index in [9.17, 15) is 19.8 Å². The Morgan fingerprint density at radius 3 is 2.31 bits per heavy atom. The van der Waals surface area contributed by atoms with Gasteiger partial charge in [0.25, 0.3) is 0 Å². The second-order valence-electron chi connectivity index (χ2n) is 15.2. The van der Waals surface area contributed by atoms with Gasteiger partial charge in [0.2, 0.25) is 0 Å². The molecule has 0 amide bonds. The fraction of sp³-hybridized carbons (Fsp3) is 0.867. The molecule has 4 saturated carbocycles. The van der Waals surface area contributed by atoms with Crippen LogP contribution in [-0.2, 0) is 14.3 Å². The number of carbonyl (C=O) groups is 2. The number of aliphatic hydroxyl groups excluding tert-OH is 1. The van der Waals surface area contributed by atoms with E-state index in [1.54, 1.807) is 0 Å². The number of rotatable bonds is 1. The maximum Gasteiger partial charge on any atom is 0.309 e. The van der Waals surface area contributed by atoms with Crippen LogP contribution in [0.15, 0.2) is 11.6 Å². The maximum atomic E-state index is 14.3. The standard InChI is InChI=1S/C30H44O5/c1-25(2)19-8-9-29(6)21(30(19,7)23-20(35-23)22(25)32)18(31)14-16-17-15-27(4,24(33)34)11-10-26(17,3)12-13-28(16,29)5/h14,17,19-23,32H,8-13,15H2,1-7H3,(H,33,34)/t17?,19?,20-,21?,22+,23-,26+,27-,28+,29+,30-/m0/s1. The van der Waals surface area contributed by atoms with Gasteiger partial charge in [0.15, 0.2) is 5.78 Å². The summed E-state index contributed by atoms with van der Waals surface area (Å²) in [5.74, 6) is -0.249. The van der Waals surface area contributed by atoms with Crippen molar-refractivity contribution in [3.05, 3.63) is 11.6 Å². The summed E-state index contributed by atoms with van der Waals surface area (Å²) in [6, 6.07) is 0. The molecule has 3 unspecified atom stereocenters. The van der Waals surface area contributed by atoms with Gasteiger partial charge in [-0.3, -0.25) is 9.59 Å². The first-order valence-corrected chi connectivity index (χ1v) is 13.9. The van der Waals surface area contributed by atoms with Gasteiger partial charge in [0.1, 0.15) is 6.10 Å². The molecule has 6 aliphatic rings. The number of aliphatic hydroxyl groups is 1. The van der Waals surface area contributed by atoms with E-state index < -0.39 is 17.5 Å². The highest BCUT2D eigenvalue weighted by Crippen LogP contribution is 2.76. The number of carboxylic acids is 1. The summed E-state index contributed by atoms with van der Waals surface area (Å²) >= 11 is 0. The molecular weight excluding hydrogens is 440 g/mol. The quantitative estimate of drug-likeness (QED) is 0.487. The summed E-state index contributed by atoms with van der Waals surface area (Å²) in [4.78, 5) is 26.6. The Hall–Kier alpha value is -1.20. The lowest BCUT2D eigenvalue weighted by atomic mass is 9.33. The van der Waals surface area contributed by atoms with Gasteiger partial charge < -0.3 is 14.9 Å². The van der Waals surface area contributed by atoms with E-state index in [1.165, 1.54) is 5.57 Å². The van der Waals surface area contributed by atoms with Gasteiger partial charge in [-0.1, -0.05) is 47.1 Å². The molecule has 0 spiro atoms. The van der Waals surface area contributed by atoms with Crippen LogP contribution in [0.25, 0.3) is 0 Å². The Morgan fingerprint density at radius 2 is 1.66 bits per heavy atom. The van der Waals surface area contributed by atoms with Crippen molar-refractivity contribution in [3.8, 4) is 0 Å². The van der Waals surface area contributed by atoms with Gasteiger partial charge in [0, 0.05) is 11.3 Å². The van der Waals surface area contributed by atoms with E-state index in [-0.39, 0.29) is 62.8 Å². The number of epoxide rings is 1. The van der Waals surface area contributed by atoms with Crippen LogP contribution in [-0.4, -0.2) is 40.3 Å². The van der Waals surface area contributed by atoms with Crippen molar-refractivity contribution < 1.29 is 24.5 Å². The van der Waals surface area contributed by atoms with Crippen LogP contribution >= 0.6 is 0 Å². The van der Waals surface area contributed by atoms with Crippen molar-refractivity contribution in [1.82, 2.24) is 0 Å². The summed E-state index contributed by atoms with van der Waals surface area (Å²) < 4.78 is 6.18. The van der Waals surface area contributed by atoms with Crippen LogP contribution in [0.5, 0.6) is 0 Å². The third-order valence-corrected chi connectivity index (χ3v) is 13.4. The van der Waals surface area contributed by atoms with Crippen molar-refractivity contribution in [2.45, 2.75) is 112 Å². The van der Waals surface area contributed by atoms with E-state index in [0.717, 1.165) is 32.1 Å². The van der Waals surface area contributed by atoms with Crippen LogP contribution < -0.4 is 0 Å².